The Morgan fingerprint density at radius 3 is 3.00 bits per heavy atom. The first kappa shape index (κ1) is 11.4. The zero-order chi connectivity index (χ0) is 11.7. The van der Waals surface area contributed by atoms with E-state index in [-0.39, 0.29) is 18.1 Å². The molecule has 0 aromatic carbocycles. The summed E-state index contributed by atoms with van der Waals surface area (Å²) in [4.78, 5) is 14.1. The van der Waals surface area contributed by atoms with Crippen LogP contribution in [0.3, 0.4) is 0 Å². The number of nitrogens with zero attached hydrogens (tertiary/aromatic N) is 1. The number of ether oxygens (including phenoxy) is 1. The predicted octanol–water partition coefficient (Wildman–Crippen LogP) is 1.90. The van der Waals surface area contributed by atoms with Gasteiger partial charge in [-0.2, -0.15) is 0 Å². The van der Waals surface area contributed by atoms with Gasteiger partial charge in [-0.15, -0.1) is 0 Å². The first-order chi connectivity index (χ1) is 7.63. The lowest BCUT2D eigenvalue weighted by Crippen LogP contribution is -2.33. The van der Waals surface area contributed by atoms with Gasteiger partial charge < -0.3 is 4.74 Å². The van der Waals surface area contributed by atoms with Crippen molar-refractivity contribution in [3.8, 4) is 0 Å². The second-order valence-corrected chi connectivity index (χ2v) is 4.59. The molecule has 2 rings (SSSR count). The van der Waals surface area contributed by atoms with Crippen LogP contribution in [0.4, 0.5) is 0 Å². The van der Waals surface area contributed by atoms with E-state index in [4.69, 9.17) is 4.74 Å². The highest BCUT2D eigenvalue weighted by atomic mass is 16.5. The molecule has 16 heavy (non-hydrogen) atoms. The number of hydrogen-bond acceptors (Lipinski definition) is 3. The first-order valence-electron chi connectivity index (χ1n) is 5.89. The third kappa shape index (κ3) is 1.92. The molecule has 2 heterocycles. The summed E-state index contributed by atoms with van der Waals surface area (Å²) in [5.41, 5.74) is 1.90. The van der Waals surface area contributed by atoms with Gasteiger partial charge in [-0.1, -0.05) is 18.2 Å². The Labute approximate surface area is 96.8 Å². The summed E-state index contributed by atoms with van der Waals surface area (Å²) in [6.07, 6.45) is 3.78. The van der Waals surface area contributed by atoms with Crippen molar-refractivity contribution in [2.75, 3.05) is 13.1 Å². The highest BCUT2D eigenvalue weighted by Crippen LogP contribution is 2.33. The molecule has 88 valence electrons. The molecule has 0 aromatic rings. The predicted molar refractivity (Wildman–Crippen MR) is 63.0 cm³/mol. The number of hydrogen-bond donors (Lipinski definition) is 0. The van der Waals surface area contributed by atoms with E-state index in [0.29, 0.717) is 5.57 Å². The van der Waals surface area contributed by atoms with Gasteiger partial charge in [0.1, 0.15) is 6.10 Å². The van der Waals surface area contributed by atoms with E-state index in [1.54, 1.807) is 13.0 Å². The van der Waals surface area contributed by atoms with E-state index in [2.05, 4.69) is 11.5 Å². The lowest BCUT2D eigenvalue weighted by molar-refractivity contribution is -0.144. The molecular formula is C13H19NO2. The Morgan fingerprint density at radius 1 is 1.56 bits per heavy atom. The van der Waals surface area contributed by atoms with E-state index in [1.165, 1.54) is 5.57 Å². The summed E-state index contributed by atoms with van der Waals surface area (Å²) in [5, 5.41) is 0. The van der Waals surface area contributed by atoms with Crippen LogP contribution in [0.25, 0.3) is 0 Å². The fraction of sp³-hybridized carbons (Fsp3) is 0.615. The molecule has 0 radical (unpaired) electrons. The van der Waals surface area contributed by atoms with Crippen LogP contribution in [-0.2, 0) is 9.53 Å². The molecule has 0 spiro atoms. The quantitative estimate of drug-likeness (QED) is 0.405. The van der Waals surface area contributed by atoms with Crippen molar-refractivity contribution >= 4 is 5.97 Å². The van der Waals surface area contributed by atoms with Gasteiger partial charge in [-0.05, 0) is 26.7 Å². The summed E-state index contributed by atoms with van der Waals surface area (Å²) >= 11 is 0. The number of allylic oxidation sites excluding steroid dienone is 1. The van der Waals surface area contributed by atoms with Crippen molar-refractivity contribution < 1.29 is 9.53 Å². The molecule has 2 saturated heterocycles. The van der Waals surface area contributed by atoms with Crippen LogP contribution < -0.4 is 0 Å². The Kier molecular flexibility index (Phi) is 3.15. The zero-order valence-corrected chi connectivity index (χ0v) is 10.0. The van der Waals surface area contributed by atoms with Gasteiger partial charge in [-0.3, -0.25) is 4.90 Å². The SMILES string of the molecule is C=C1CCN2CC[C@@H](OC(=O)/C(C)=C\C)[C@H]12. The molecule has 2 atom stereocenters. The lowest BCUT2D eigenvalue weighted by atomic mass is 10.1. The Bertz CT molecular complexity index is 346. The van der Waals surface area contributed by atoms with Crippen LogP contribution in [-0.4, -0.2) is 36.1 Å². The molecule has 3 nitrogen and oxygen atoms in total. The van der Waals surface area contributed by atoms with Gasteiger partial charge in [0.05, 0.1) is 6.04 Å². The van der Waals surface area contributed by atoms with Crippen LogP contribution in [0.1, 0.15) is 26.7 Å². The minimum atomic E-state index is -0.186. The molecule has 0 bridgehead atoms. The van der Waals surface area contributed by atoms with E-state index >= 15 is 0 Å². The first-order valence-corrected chi connectivity index (χ1v) is 5.89. The number of esters is 1. The maximum Gasteiger partial charge on any atom is 0.333 e. The zero-order valence-electron chi connectivity index (χ0n) is 10.0. The van der Waals surface area contributed by atoms with Gasteiger partial charge in [0, 0.05) is 18.7 Å². The highest BCUT2D eigenvalue weighted by Gasteiger charge is 2.41. The molecule has 0 saturated carbocycles. The second-order valence-electron chi connectivity index (χ2n) is 4.59. The minimum absolute atomic E-state index is 0.0115. The molecule has 2 fully saturated rings. The summed E-state index contributed by atoms with van der Waals surface area (Å²) in [6.45, 7) is 9.81. The van der Waals surface area contributed by atoms with E-state index in [0.717, 1.165) is 25.9 Å². The van der Waals surface area contributed by atoms with Crippen LogP contribution in [0.15, 0.2) is 23.8 Å². The van der Waals surface area contributed by atoms with Crippen molar-refractivity contribution in [2.45, 2.75) is 38.8 Å². The smallest absolute Gasteiger partial charge is 0.333 e. The molecule has 0 unspecified atom stereocenters. The summed E-state index contributed by atoms with van der Waals surface area (Å²) in [7, 11) is 0. The van der Waals surface area contributed by atoms with Crippen molar-refractivity contribution in [3.63, 3.8) is 0 Å². The van der Waals surface area contributed by atoms with Crippen molar-refractivity contribution in [1.29, 1.82) is 0 Å². The van der Waals surface area contributed by atoms with Crippen molar-refractivity contribution in [1.82, 2.24) is 4.90 Å². The monoisotopic (exact) mass is 221 g/mol. The third-order valence-electron chi connectivity index (χ3n) is 3.60. The molecule has 0 amide bonds. The molecular weight excluding hydrogens is 202 g/mol. The van der Waals surface area contributed by atoms with Gasteiger partial charge in [-0.25, -0.2) is 4.79 Å². The normalized spacial score (nSPS) is 30.6. The molecule has 2 aliphatic heterocycles. The fourth-order valence-corrected chi connectivity index (χ4v) is 2.50. The van der Waals surface area contributed by atoms with Gasteiger partial charge in [0.25, 0.3) is 0 Å². The average Bonchev–Trinajstić information content (AvgIpc) is 2.82. The van der Waals surface area contributed by atoms with Crippen molar-refractivity contribution in [2.24, 2.45) is 0 Å². The van der Waals surface area contributed by atoms with Gasteiger partial charge >= 0.3 is 5.97 Å². The van der Waals surface area contributed by atoms with E-state index < -0.39 is 0 Å². The number of rotatable bonds is 2. The summed E-state index contributed by atoms with van der Waals surface area (Å²) in [6, 6.07) is 0.272. The summed E-state index contributed by atoms with van der Waals surface area (Å²) in [5.74, 6) is -0.186. The van der Waals surface area contributed by atoms with Gasteiger partial charge in [0.2, 0.25) is 0 Å². The Balaban J connectivity index is 2.01. The Hall–Kier alpha value is -1.09. The lowest BCUT2D eigenvalue weighted by Gasteiger charge is -2.21. The Morgan fingerprint density at radius 2 is 2.31 bits per heavy atom. The van der Waals surface area contributed by atoms with E-state index in [9.17, 15) is 4.79 Å². The fourth-order valence-electron chi connectivity index (χ4n) is 2.50. The highest BCUT2D eigenvalue weighted by molar-refractivity contribution is 5.87. The number of carbonyl (C=O) groups is 1. The summed E-state index contributed by atoms with van der Waals surface area (Å²) < 4.78 is 5.54. The average molecular weight is 221 g/mol. The molecule has 0 aromatic heterocycles. The van der Waals surface area contributed by atoms with Gasteiger partial charge in [0.15, 0.2) is 0 Å². The van der Waals surface area contributed by atoms with E-state index in [1.807, 2.05) is 6.92 Å². The molecule has 0 aliphatic carbocycles. The standard InChI is InChI=1S/C13H19NO2/c1-4-9(2)13(15)16-11-6-8-14-7-5-10(3)12(11)14/h4,11-12H,3,5-8H2,1-2H3/b9-4-/t11-,12+/m1/s1. The van der Waals surface area contributed by atoms with Crippen molar-refractivity contribution in [3.05, 3.63) is 23.8 Å². The topological polar surface area (TPSA) is 29.5 Å². The minimum Gasteiger partial charge on any atom is -0.457 e. The number of fused-ring (bicyclic) bond motifs is 1. The third-order valence-corrected chi connectivity index (χ3v) is 3.60. The molecule has 3 heteroatoms. The maximum absolute atomic E-state index is 11.7. The maximum atomic E-state index is 11.7. The number of carbonyl (C=O) groups excluding carboxylic acids is 1. The molecule has 2 aliphatic rings. The van der Waals surface area contributed by atoms with Crippen LogP contribution in [0, 0.1) is 0 Å². The molecule has 0 N–H and O–H groups in total. The van der Waals surface area contributed by atoms with Crippen LogP contribution >= 0.6 is 0 Å². The van der Waals surface area contributed by atoms with Crippen LogP contribution in [0.2, 0.25) is 0 Å². The van der Waals surface area contributed by atoms with Crippen LogP contribution in [0.5, 0.6) is 0 Å². The largest absolute Gasteiger partial charge is 0.457 e. The second kappa shape index (κ2) is 4.42.